The average Bonchev–Trinajstić information content (AvgIpc) is 2.51. The average molecular weight is 407 g/mol. The van der Waals surface area contributed by atoms with Crippen LogP contribution in [0.5, 0.6) is 5.75 Å². The number of ether oxygens (including phenoxy) is 1. The lowest BCUT2D eigenvalue weighted by atomic mass is 9.89. The highest BCUT2D eigenvalue weighted by Gasteiger charge is 2.81. The predicted octanol–water partition coefficient (Wildman–Crippen LogP) is 5.08. The van der Waals surface area contributed by atoms with Crippen LogP contribution in [0.3, 0.4) is 0 Å². The molecule has 0 aliphatic heterocycles. The van der Waals surface area contributed by atoms with Crippen LogP contribution in [0.25, 0.3) is 0 Å². The summed E-state index contributed by atoms with van der Waals surface area (Å²) in [6.07, 6.45) is -9.22. The van der Waals surface area contributed by atoms with Crippen molar-refractivity contribution in [3.63, 3.8) is 0 Å². The zero-order chi connectivity index (χ0) is 21.3. The molecular formula is C15H10F9NO2. The van der Waals surface area contributed by atoms with E-state index >= 15 is 0 Å². The van der Waals surface area contributed by atoms with E-state index < -0.39 is 42.3 Å². The molecule has 0 aliphatic carbocycles. The number of alkyl halides is 9. The monoisotopic (exact) mass is 407 g/mol. The molecule has 1 aromatic carbocycles. The van der Waals surface area contributed by atoms with E-state index in [-0.39, 0.29) is 11.3 Å². The van der Waals surface area contributed by atoms with Crippen molar-refractivity contribution in [2.75, 3.05) is 0 Å². The van der Waals surface area contributed by atoms with Crippen molar-refractivity contribution < 1.29 is 49.0 Å². The Bertz CT molecular complexity index is 720. The van der Waals surface area contributed by atoms with Crippen molar-refractivity contribution in [3.8, 4) is 11.8 Å². The summed E-state index contributed by atoms with van der Waals surface area (Å²) in [5, 5.41) is 8.86. The molecule has 0 fully saturated rings. The van der Waals surface area contributed by atoms with Crippen molar-refractivity contribution in [1.82, 2.24) is 0 Å². The van der Waals surface area contributed by atoms with Crippen molar-refractivity contribution in [2.45, 2.75) is 43.2 Å². The van der Waals surface area contributed by atoms with Crippen LogP contribution in [0.4, 0.5) is 39.5 Å². The molecule has 1 atom stereocenters. The third-order valence-corrected chi connectivity index (χ3v) is 3.37. The largest absolute Gasteiger partial charge is 0.460 e. The summed E-state index contributed by atoms with van der Waals surface area (Å²) >= 11 is 0. The number of carbonyl (C=O) groups excluding carboxylic acids is 1. The minimum Gasteiger partial charge on any atom is -0.427 e. The Kier molecular flexibility index (Phi) is 6.09. The van der Waals surface area contributed by atoms with E-state index in [9.17, 15) is 44.3 Å². The fraction of sp³-hybridized carbons (Fsp3) is 0.467. The van der Waals surface area contributed by atoms with Crippen molar-refractivity contribution >= 4 is 5.97 Å². The molecule has 0 aromatic heterocycles. The first-order valence-corrected chi connectivity index (χ1v) is 6.95. The van der Waals surface area contributed by atoms with E-state index in [1.165, 1.54) is 0 Å². The Balaban J connectivity index is 3.14. The van der Waals surface area contributed by atoms with Crippen molar-refractivity contribution in [3.05, 3.63) is 29.8 Å². The minimum absolute atomic E-state index is 0.0939. The third-order valence-electron chi connectivity index (χ3n) is 3.37. The van der Waals surface area contributed by atoms with Crippen LogP contribution in [0, 0.1) is 11.3 Å². The first kappa shape index (κ1) is 22.6. The van der Waals surface area contributed by atoms with Gasteiger partial charge in [0.1, 0.15) is 5.75 Å². The van der Waals surface area contributed by atoms with E-state index in [0.717, 1.165) is 37.3 Å². The molecule has 1 aromatic rings. The number of esters is 1. The second-order valence-corrected chi connectivity index (χ2v) is 5.40. The SMILES string of the molecule is CC(=O)Oc1ccc([C@H](C#N)CC(F)(F)C(F)(F)C(F)(F)C(F)(F)F)cc1. The Morgan fingerprint density at radius 1 is 1.00 bits per heavy atom. The van der Waals surface area contributed by atoms with Gasteiger partial charge in [-0.15, -0.1) is 0 Å². The maximum absolute atomic E-state index is 13.7. The molecule has 0 saturated heterocycles. The van der Waals surface area contributed by atoms with Gasteiger partial charge in [0.25, 0.3) is 0 Å². The smallest absolute Gasteiger partial charge is 0.427 e. The normalized spacial score (nSPS) is 14.4. The predicted molar refractivity (Wildman–Crippen MR) is 71.6 cm³/mol. The van der Waals surface area contributed by atoms with Gasteiger partial charge in [0.2, 0.25) is 0 Å². The third kappa shape index (κ3) is 4.45. The fourth-order valence-corrected chi connectivity index (χ4v) is 1.96. The Hall–Kier alpha value is -2.45. The molecule has 0 N–H and O–H groups in total. The number of hydrogen-bond acceptors (Lipinski definition) is 3. The second-order valence-electron chi connectivity index (χ2n) is 5.40. The van der Waals surface area contributed by atoms with E-state index in [0.29, 0.717) is 0 Å². The van der Waals surface area contributed by atoms with Crippen LogP contribution < -0.4 is 4.74 Å². The molecule has 27 heavy (non-hydrogen) atoms. The van der Waals surface area contributed by atoms with E-state index in [1.54, 1.807) is 0 Å². The number of benzene rings is 1. The van der Waals surface area contributed by atoms with Gasteiger partial charge < -0.3 is 4.74 Å². The van der Waals surface area contributed by atoms with Crippen LogP contribution in [0.2, 0.25) is 0 Å². The Morgan fingerprint density at radius 3 is 1.85 bits per heavy atom. The molecule has 1 rings (SSSR count). The van der Waals surface area contributed by atoms with Gasteiger partial charge in [0, 0.05) is 13.3 Å². The van der Waals surface area contributed by atoms with E-state index in [2.05, 4.69) is 4.74 Å². The molecule has 0 heterocycles. The maximum Gasteiger partial charge on any atom is 0.460 e. The lowest BCUT2D eigenvalue weighted by Crippen LogP contribution is -2.61. The Labute approximate surface area is 146 Å². The molecule has 0 unspecified atom stereocenters. The summed E-state index contributed by atoms with van der Waals surface area (Å²) in [4.78, 5) is 10.7. The first-order valence-electron chi connectivity index (χ1n) is 6.95. The van der Waals surface area contributed by atoms with Crippen molar-refractivity contribution in [1.29, 1.82) is 5.26 Å². The molecule has 0 amide bonds. The van der Waals surface area contributed by atoms with Crippen molar-refractivity contribution in [2.24, 2.45) is 0 Å². The summed E-state index contributed by atoms with van der Waals surface area (Å²) in [6.45, 7) is 1.04. The molecule has 12 heteroatoms. The molecule has 0 aliphatic rings. The van der Waals surface area contributed by atoms with Gasteiger partial charge in [-0.05, 0) is 17.7 Å². The van der Waals surface area contributed by atoms with Crippen LogP contribution in [0.15, 0.2) is 24.3 Å². The summed E-state index contributed by atoms with van der Waals surface area (Å²) < 4.78 is 120. The molecule has 150 valence electrons. The lowest BCUT2D eigenvalue weighted by molar-refractivity contribution is -0.396. The standard InChI is InChI=1S/C15H10F9NO2/c1-8(26)27-11-4-2-9(3-5-11)10(7-25)6-12(16,17)13(18,19)14(20,21)15(22,23)24/h2-5,10H,6H2,1H3/t10-/m0/s1. The second kappa shape index (κ2) is 7.28. The number of carbonyl (C=O) groups is 1. The number of nitriles is 1. The van der Waals surface area contributed by atoms with Crippen LogP contribution in [0.1, 0.15) is 24.8 Å². The highest BCUT2D eigenvalue weighted by atomic mass is 19.4. The molecule has 0 spiro atoms. The topological polar surface area (TPSA) is 50.1 Å². The molecule has 0 radical (unpaired) electrons. The summed E-state index contributed by atoms with van der Waals surface area (Å²) in [7, 11) is 0. The first-order chi connectivity index (χ1) is 12.1. The van der Waals surface area contributed by atoms with E-state index in [4.69, 9.17) is 5.26 Å². The molecular weight excluding hydrogens is 397 g/mol. The molecule has 3 nitrogen and oxygen atoms in total. The van der Waals surface area contributed by atoms with Gasteiger partial charge in [-0.2, -0.15) is 44.8 Å². The quantitative estimate of drug-likeness (QED) is 0.376. The fourth-order valence-electron chi connectivity index (χ4n) is 1.96. The highest BCUT2D eigenvalue weighted by molar-refractivity contribution is 5.69. The maximum atomic E-state index is 13.7. The van der Waals surface area contributed by atoms with Crippen LogP contribution >= 0.6 is 0 Å². The van der Waals surface area contributed by atoms with Crippen LogP contribution in [-0.4, -0.2) is 29.9 Å². The summed E-state index contributed by atoms with van der Waals surface area (Å²) in [5.74, 6) is -22.6. The number of nitrogens with zero attached hydrogens (tertiary/aromatic N) is 1. The zero-order valence-electron chi connectivity index (χ0n) is 13.3. The number of hydrogen-bond donors (Lipinski definition) is 0. The zero-order valence-corrected chi connectivity index (χ0v) is 13.3. The van der Waals surface area contributed by atoms with Gasteiger partial charge in [-0.3, -0.25) is 4.79 Å². The summed E-state index contributed by atoms with van der Waals surface area (Å²) in [6, 6.07) is 4.96. The summed E-state index contributed by atoms with van der Waals surface area (Å²) in [5.41, 5.74) is -0.376. The van der Waals surface area contributed by atoms with Gasteiger partial charge in [-0.1, -0.05) is 12.1 Å². The van der Waals surface area contributed by atoms with Gasteiger partial charge >= 0.3 is 29.9 Å². The molecule has 0 saturated carbocycles. The Morgan fingerprint density at radius 2 is 1.48 bits per heavy atom. The lowest BCUT2D eigenvalue weighted by Gasteiger charge is -2.34. The number of halogens is 9. The van der Waals surface area contributed by atoms with Gasteiger partial charge in [-0.25, -0.2) is 0 Å². The van der Waals surface area contributed by atoms with E-state index in [1.807, 2.05) is 0 Å². The van der Waals surface area contributed by atoms with Crippen LogP contribution in [-0.2, 0) is 4.79 Å². The number of rotatable bonds is 6. The minimum atomic E-state index is -7.01. The molecule has 0 bridgehead atoms. The van der Waals surface area contributed by atoms with Gasteiger partial charge in [0.15, 0.2) is 0 Å². The van der Waals surface area contributed by atoms with Gasteiger partial charge in [0.05, 0.1) is 12.0 Å². The highest BCUT2D eigenvalue weighted by Crippen LogP contribution is 2.55.